The van der Waals surface area contributed by atoms with Crippen molar-refractivity contribution in [3.05, 3.63) is 77.9 Å². The number of nitrogens with zero attached hydrogens (tertiary/aromatic N) is 5. The summed E-state index contributed by atoms with van der Waals surface area (Å²) in [7, 11) is 2.00. The molecule has 1 aromatic heterocycles. The summed E-state index contributed by atoms with van der Waals surface area (Å²) in [5, 5.41) is 12.0. The number of aryl methyl sites for hydroxylation is 1. The van der Waals surface area contributed by atoms with Gasteiger partial charge in [0.1, 0.15) is 5.82 Å². The van der Waals surface area contributed by atoms with Crippen molar-refractivity contribution < 1.29 is 0 Å². The van der Waals surface area contributed by atoms with Crippen LogP contribution in [0.5, 0.6) is 0 Å². The Balaban J connectivity index is 0.00000289. The van der Waals surface area contributed by atoms with Crippen molar-refractivity contribution in [1.29, 1.82) is 0 Å². The maximum Gasteiger partial charge on any atom is 0.194 e. The molecule has 0 saturated carbocycles. The number of guanidine groups is 1. The SMILES string of the molecule is Cc1nnc(CNC(=NCc2ccccc2)N2CCC(CSc3ccccc3)C2)n1C.I. The van der Waals surface area contributed by atoms with Gasteiger partial charge in [-0.2, -0.15) is 0 Å². The smallest absolute Gasteiger partial charge is 0.194 e. The van der Waals surface area contributed by atoms with Crippen molar-refractivity contribution in [2.24, 2.45) is 18.0 Å². The molecule has 4 rings (SSSR count). The number of aromatic nitrogens is 3. The summed E-state index contributed by atoms with van der Waals surface area (Å²) in [6.45, 7) is 5.30. The van der Waals surface area contributed by atoms with E-state index in [9.17, 15) is 0 Å². The second-order valence-electron chi connectivity index (χ2n) is 7.93. The first-order chi connectivity index (χ1) is 15.2. The van der Waals surface area contributed by atoms with Crippen molar-refractivity contribution >= 4 is 41.7 Å². The predicted molar refractivity (Wildman–Crippen MR) is 142 cm³/mol. The van der Waals surface area contributed by atoms with Crippen LogP contribution < -0.4 is 5.32 Å². The third-order valence-corrected chi connectivity index (χ3v) is 6.90. The summed E-state index contributed by atoms with van der Waals surface area (Å²) in [6, 6.07) is 21.1. The first-order valence-electron chi connectivity index (χ1n) is 10.8. The molecule has 8 heteroatoms. The van der Waals surface area contributed by atoms with Crippen LogP contribution in [0, 0.1) is 12.8 Å². The second-order valence-corrected chi connectivity index (χ2v) is 9.02. The third-order valence-electron chi connectivity index (χ3n) is 5.66. The van der Waals surface area contributed by atoms with Gasteiger partial charge in [-0.15, -0.1) is 45.9 Å². The highest BCUT2D eigenvalue weighted by molar-refractivity contribution is 14.0. The largest absolute Gasteiger partial charge is 0.349 e. The molecule has 170 valence electrons. The number of hydrogen-bond acceptors (Lipinski definition) is 4. The molecule has 6 nitrogen and oxygen atoms in total. The van der Waals surface area contributed by atoms with Gasteiger partial charge in [0.25, 0.3) is 0 Å². The highest BCUT2D eigenvalue weighted by Crippen LogP contribution is 2.26. The van der Waals surface area contributed by atoms with Crippen LogP contribution in [0.2, 0.25) is 0 Å². The number of thioether (sulfide) groups is 1. The molecule has 32 heavy (non-hydrogen) atoms. The molecule has 3 aromatic rings. The fraction of sp³-hybridized carbons (Fsp3) is 0.375. The minimum atomic E-state index is 0. The van der Waals surface area contributed by atoms with Crippen molar-refractivity contribution in [3.8, 4) is 0 Å². The van der Waals surface area contributed by atoms with Crippen LogP contribution in [-0.4, -0.2) is 44.5 Å². The van der Waals surface area contributed by atoms with E-state index in [1.165, 1.54) is 16.9 Å². The lowest BCUT2D eigenvalue weighted by Gasteiger charge is -2.22. The Morgan fingerprint density at radius 1 is 1.09 bits per heavy atom. The van der Waals surface area contributed by atoms with Crippen LogP contribution in [0.25, 0.3) is 0 Å². The molecule has 2 aromatic carbocycles. The lowest BCUT2D eigenvalue weighted by Crippen LogP contribution is -2.40. The zero-order chi connectivity index (χ0) is 21.5. The summed E-state index contributed by atoms with van der Waals surface area (Å²) in [5.74, 6) is 4.58. The number of aliphatic imine (C=N–C) groups is 1. The van der Waals surface area contributed by atoms with Gasteiger partial charge in [0.05, 0.1) is 13.1 Å². The van der Waals surface area contributed by atoms with E-state index in [1.807, 2.05) is 36.4 Å². The molecule has 1 aliphatic rings. The van der Waals surface area contributed by atoms with Gasteiger partial charge in [-0.3, -0.25) is 0 Å². The van der Waals surface area contributed by atoms with E-state index >= 15 is 0 Å². The molecule has 1 unspecified atom stereocenters. The van der Waals surface area contributed by atoms with E-state index in [-0.39, 0.29) is 24.0 Å². The van der Waals surface area contributed by atoms with Gasteiger partial charge in [0.15, 0.2) is 11.8 Å². The van der Waals surface area contributed by atoms with Crippen molar-refractivity contribution in [2.75, 3.05) is 18.8 Å². The van der Waals surface area contributed by atoms with Gasteiger partial charge in [0, 0.05) is 30.8 Å². The number of rotatable bonds is 7. The van der Waals surface area contributed by atoms with Crippen molar-refractivity contribution in [2.45, 2.75) is 31.3 Å². The van der Waals surface area contributed by atoms with E-state index in [0.29, 0.717) is 19.0 Å². The van der Waals surface area contributed by atoms with Gasteiger partial charge < -0.3 is 14.8 Å². The van der Waals surface area contributed by atoms with Crippen LogP contribution in [0.15, 0.2) is 70.6 Å². The maximum atomic E-state index is 4.95. The Morgan fingerprint density at radius 2 is 1.81 bits per heavy atom. The number of benzene rings is 2. The average Bonchev–Trinajstić information content (AvgIpc) is 3.41. The van der Waals surface area contributed by atoms with Crippen molar-refractivity contribution in [1.82, 2.24) is 25.0 Å². The average molecular weight is 563 g/mol. The predicted octanol–water partition coefficient (Wildman–Crippen LogP) is 4.50. The lowest BCUT2D eigenvalue weighted by atomic mass is 10.2. The number of halogens is 1. The van der Waals surface area contributed by atoms with Gasteiger partial charge in [-0.05, 0) is 37.0 Å². The van der Waals surface area contributed by atoms with E-state index < -0.39 is 0 Å². The molecule has 2 heterocycles. The fourth-order valence-corrected chi connectivity index (χ4v) is 4.72. The number of nitrogens with one attached hydrogen (secondary N) is 1. The fourth-order valence-electron chi connectivity index (χ4n) is 3.67. The molecule has 0 spiro atoms. The van der Waals surface area contributed by atoms with Crippen LogP contribution >= 0.6 is 35.7 Å². The first kappa shape index (κ1) is 24.6. The Bertz CT molecular complexity index is 992. The highest BCUT2D eigenvalue weighted by atomic mass is 127. The Labute approximate surface area is 211 Å². The monoisotopic (exact) mass is 562 g/mol. The van der Waals surface area contributed by atoms with Gasteiger partial charge in [-0.25, -0.2) is 4.99 Å². The zero-order valence-corrected chi connectivity index (χ0v) is 21.8. The summed E-state index contributed by atoms with van der Waals surface area (Å²) < 4.78 is 2.02. The minimum Gasteiger partial charge on any atom is -0.349 e. The van der Waals surface area contributed by atoms with E-state index in [0.717, 1.165) is 36.5 Å². The highest BCUT2D eigenvalue weighted by Gasteiger charge is 2.25. The number of likely N-dealkylation sites (tertiary alicyclic amines) is 1. The molecule has 1 aliphatic heterocycles. The topological polar surface area (TPSA) is 58.3 Å². The first-order valence-corrected chi connectivity index (χ1v) is 11.8. The molecule has 1 atom stereocenters. The standard InChI is InChI=1S/C24H30N6S.HI/c1-19-27-28-23(29(19)2)16-26-24(25-15-20-9-5-3-6-10-20)30-14-13-21(17-30)18-31-22-11-7-4-8-12-22;/h3-12,21H,13-18H2,1-2H3,(H,25,26);1H. The van der Waals surface area contributed by atoms with Gasteiger partial charge in [-0.1, -0.05) is 48.5 Å². The summed E-state index contributed by atoms with van der Waals surface area (Å²) >= 11 is 1.95. The Morgan fingerprint density at radius 3 is 2.50 bits per heavy atom. The van der Waals surface area contributed by atoms with Crippen LogP contribution in [0.4, 0.5) is 0 Å². The molecule has 0 bridgehead atoms. The minimum absolute atomic E-state index is 0. The summed E-state index contributed by atoms with van der Waals surface area (Å²) in [4.78, 5) is 8.68. The van der Waals surface area contributed by atoms with Gasteiger partial charge in [0.2, 0.25) is 0 Å². The summed E-state index contributed by atoms with van der Waals surface area (Å²) in [6.07, 6.45) is 1.19. The van der Waals surface area contributed by atoms with E-state index in [2.05, 4.69) is 75.0 Å². The molecule has 0 amide bonds. The molecule has 0 aliphatic carbocycles. The molecular weight excluding hydrogens is 531 g/mol. The van der Waals surface area contributed by atoms with Crippen LogP contribution in [0.3, 0.4) is 0 Å². The van der Waals surface area contributed by atoms with Crippen LogP contribution in [-0.2, 0) is 20.1 Å². The molecule has 0 radical (unpaired) electrons. The third kappa shape index (κ3) is 6.71. The molecular formula is C24H31IN6S. The normalized spacial score (nSPS) is 16.1. The summed E-state index contributed by atoms with van der Waals surface area (Å²) in [5.41, 5.74) is 1.21. The Kier molecular flexibility index (Phi) is 9.40. The Hall–Kier alpha value is -2.07. The van der Waals surface area contributed by atoms with Gasteiger partial charge >= 0.3 is 0 Å². The zero-order valence-electron chi connectivity index (χ0n) is 18.6. The van der Waals surface area contributed by atoms with Crippen molar-refractivity contribution in [3.63, 3.8) is 0 Å². The molecule has 1 saturated heterocycles. The van der Waals surface area contributed by atoms with E-state index in [4.69, 9.17) is 4.99 Å². The second kappa shape index (κ2) is 12.2. The lowest BCUT2D eigenvalue weighted by molar-refractivity contribution is 0.470. The van der Waals surface area contributed by atoms with Crippen LogP contribution in [0.1, 0.15) is 23.6 Å². The maximum absolute atomic E-state index is 4.95. The number of hydrogen-bond donors (Lipinski definition) is 1. The van der Waals surface area contributed by atoms with E-state index in [1.54, 1.807) is 0 Å². The molecule has 1 N–H and O–H groups in total. The quantitative estimate of drug-likeness (QED) is 0.199. The molecule has 1 fully saturated rings.